The maximum absolute atomic E-state index is 13.4. The molecule has 42 heavy (non-hydrogen) atoms. The van der Waals surface area contributed by atoms with Gasteiger partial charge in [0.15, 0.2) is 5.69 Å². The van der Waals surface area contributed by atoms with Gasteiger partial charge in [-0.2, -0.15) is 5.10 Å². The van der Waals surface area contributed by atoms with Gasteiger partial charge in [0.1, 0.15) is 5.82 Å². The number of carbonyl (C=O) groups is 3. The van der Waals surface area contributed by atoms with Crippen LogP contribution < -0.4 is 20.4 Å². The van der Waals surface area contributed by atoms with Crippen molar-refractivity contribution in [3.63, 3.8) is 0 Å². The van der Waals surface area contributed by atoms with Gasteiger partial charge in [-0.05, 0) is 62.4 Å². The molecule has 0 spiro atoms. The lowest BCUT2D eigenvalue weighted by Gasteiger charge is -2.46. The van der Waals surface area contributed by atoms with Crippen molar-refractivity contribution in [3.05, 3.63) is 65.1 Å². The monoisotopic (exact) mass is 570 g/mol. The van der Waals surface area contributed by atoms with Gasteiger partial charge in [-0.25, -0.2) is 9.78 Å². The van der Waals surface area contributed by atoms with Crippen LogP contribution in [0.5, 0.6) is 0 Å². The second kappa shape index (κ2) is 11.1. The molecule has 2 bridgehead atoms. The Labute approximate surface area is 245 Å². The molecule has 2 aromatic heterocycles. The highest BCUT2D eigenvalue weighted by Gasteiger charge is 2.44. The Balaban J connectivity index is 1.14. The van der Waals surface area contributed by atoms with Crippen LogP contribution in [0.15, 0.2) is 42.6 Å². The van der Waals surface area contributed by atoms with Gasteiger partial charge in [0, 0.05) is 75.6 Å². The molecule has 2 saturated heterocycles. The maximum Gasteiger partial charge on any atom is 0.321 e. The molecule has 11 heteroatoms. The SMILES string of the molecule is CC(C)n1nc(C(=O)NCc2ccc(NC(=O)N(C)C)cc2)c2c1CCN(c1ccc(N3CC4CC(C4)C3=O)cn1)C2. The zero-order valence-electron chi connectivity index (χ0n) is 24.6. The predicted octanol–water partition coefficient (Wildman–Crippen LogP) is 3.82. The number of pyridine rings is 1. The summed E-state index contributed by atoms with van der Waals surface area (Å²) in [4.78, 5) is 48.2. The first kappa shape index (κ1) is 27.7. The summed E-state index contributed by atoms with van der Waals surface area (Å²) in [6.45, 7) is 6.57. The van der Waals surface area contributed by atoms with Gasteiger partial charge in [0.2, 0.25) is 5.91 Å². The molecule has 0 radical (unpaired) electrons. The number of piperidine rings is 2. The van der Waals surface area contributed by atoms with Gasteiger partial charge in [-0.15, -0.1) is 0 Å². The molecule has 220 valence electrons. The highest BCUT2D eigenvalue weighted by molar-refractivity contribution is 5.97. The van der Waals surface area contributed by atoms with Crippen molar-refractivity contribution in [3.8, 4) is 0 Å². The molecule has 11 nitrogen and oxygen atoms in total. The van der Waals surface area contributed by atoms with E-state index in [1.54, 1.807) is 20.3 Å². The highest BCUT2D eigenvalue weighted by Crippen LogP contribution is 2.42. The fraction of sp³-hybridized carbons (Fsp3) is 0.452. The number of amides is 4. The minimum atomic E-state index is -0.219. The second-order valence-corrected chi connectivity index (χ2v) is 12.0. The molecule has 0 atom stereocenters. The topological polar surface area (TPSA) is 116 Å². The molecular weight excluding hydrogens is 532 g/mol. The van der Waals surface area contributed by atoms with Crippen LogP contribution in [0.2, 0.25) is 0 Å². The van der Waals surface area contributed by atoms with Gasteiger partial charge in [0.05, 0.1) is 11.9 Å². The minimum Gasteiger partial charge on any atom is -0.352 e. The van der Waals surface area contributed by atoms with Crippen molar-refractivity contribution < 1.29 is 14.4 Å². The van der Waals surface area contributed by atoms with Crippen molar-refractivity contribution >= 4 is 35.0 Å². The molecule has 4 amide bonds. The quantitative estimate of drug-likeness (QED) is 0.446. The summed E-state index contributed by atoms with van der Waals surface area (Å²) in [5, 5.41) is 10.6. The number of hydrogen-bond acceptors (Lipinski definition) is 6. The first-order chi connectivity index (χ1) is 20.2. The smallest absolute Gasteiger partial charge is 0.321 e. The molecule has 1 aromatic carbocycles. The normalized spacial score (nSPS) is 19.3. The third-order valence-corrected chi connectivity index (χ3v) is 8.51. The lowest BCUT2D eigenvalue weighted by molar-refractivity contribution is -0.129. The Hall–Kier alpha value is -4.41. The van der Waals surface area contributed by atoms with Crippen molar-refractivity contribution in [1.29, 1.82) is 0 Å². The first-order valence-corrected chi connectivity index (χ1v) is 14.7. The summed E-state index contributed by atoms with van der Waals surface area (Å²) in [6, 6.07) is 11.3. The number of nitrogens with one attached hydrogen (secondary N) is 2. The summed E-state index contributed by atoms with van der Waals surface area (Å²) < 4.78 is 1.97. The van der Waals surface area contributed by atoms with Crippen molar-refractivity contribution in [2.45, 2.75) is 52.2 Å². The van der Waals surface area contributed by atoms with Gasteiger partial charge in [0.25, 0.3) is 5.91 Å². The van der Waals surface area contributed by atoms with E-state index < -0.39 is 0 Å². The standard InChI is InChI=1S/C31H38N8O3/c1-19(2)39-26-11-12-37(27-10-9-24(16-32-27)38-17-21-13-22(14-21)30(38)41)18-25(26)28(35-39)29(40)33-15-20-5-7-23(8-6-20)34-31(42)36(3)4/h5-10,16,19,21-22H,11-15,17-18H2,1-4H3,(H,33,40)(H,34,42). The molecule has 3 aromatic rings. The van der Waals surface area contributed by atoms with Crippen LogP contribution in [0.4, 0.5) is 22.0 Å². The van der Waals surface area contributed by atoms with Gasteiger partial charge in [-0.3, -0.25) is 14.3 Å². The number of carbonyl (C=O) groups excluding carboxylic acids is 3. The zero-order valence-corrected chi connectivity index (χ0v) is 24.6. The van der Waals surface area contributed by atoms with E-state index in [4.69, 9.17) is 10.1 Å². The summed E-state index contributed by atoms with van der Waals surface area (Å²) in [5.41, 5.74) is 4.91. The molecule has 2 N–H and O–H groups in total. The number of anilines is 3. The number of hydrogen-bond donors (Lipinski definition) is 2. The average molecular weight is 571 g/mol. The molecule has 1 saturated carbocycles. The van der Waals surface area contributed by atoms with Crippen LogP contribution in [0, 0.1) is 11.8 Å². The molecule has 4 aliphatic rings. The van der Waals surface area contributed by atoms with Crippen molar-refractivity contribution in [2.24, 2.45) is 11.8 Å². The first-order valence-electron chi connectivity index (χ1n) is 14.7. The Kier molecular flexibility index (Phi) is 7.34. The zero-order chi connectivity index (χ0) is 29.5. The number of fused-ring (bicyclic) bond motifs is 3. The van der Waals surface area contributed by atoms with Crippen LogP contribution >= 0.6 is 0 Å². The number of aromatic nitrogens is 3. The fourth-order valence-electron chi connectivity index (χ4n) is 6.07. The summed E-state index contributed by atoms with van der Waals surface area (Å²) in [5.74, 6) is 1.62. The third-order valence-electron chi connectivity index (χ3n) is 8.51. The molecular formula is C31H38N8O3. The molecule has 1 aliphatic carbocycles. The average Bonchev–Trinajstić information content (AvgIpc) is 3.35. The van der Waals surface area contributed by atoms with Gasteiger partial charge < -0.3 is 25.3 Å². The Bertz CT molecular complexity index is 1490. The van der Waals surface area contributed by atoms with Gasteiger partial charge in [-0.1, -0.05) is 12.1 Å². The maximum atomic E-state index is 13.4. The van der Waals surface area contributed by atoms with E-state index in [0.717, 1.165) is 60.7 Å². The van der Waals surface area contributed by atoms with E-state index in [1.165, 1.54) is 4.90 Å². The van der Waals surface area contributed by atoms with Crippen LogP contribution in [0.1, 0.15) is 60.0 Å². The largest absolute Gasteiger partial charge is 0.352 e. The Morgan fingerprint density at radius 1 is 1.10 bits per heavy atom. The van der Waals surface area contributed by atoms with E-state index in [9.17, 15) is 14.4 Å². The van der Waals surface area contributed by atoms with Crippen LogP contribution in [-0.4, -0.2) is 64.7 Å². The van der Waals surface area contributed by atoms with Gasteiger partial charge >= 0.3 is 6.03 Å². The molecule has 5 heterocycles. The van der Waals surface area contributed by atoms with E-state index in [1.807, 2.05) is 46.0 Å². The molecule has 7 rings (SSSR count). The predicted molar refractivity (Wildman–Crippen MR) is 160 cm³/mol. The Morgan fingerprint density at radius 3 is 2.50 bits per heavy atom. The lowest BCUT2D eigenvalue weighted by atomic mass is 9.70. The number of nitrogens with zero attached hydrogens (tertiary/aromatic N) is 6. The molecule has 3 aliphatic heterocycles. The van der Waals surface area contributed by atoms with E-state index in [2.05, 4.69) is 29.4 Å². The lowest BCUT2D eigenvalue weighted by Crippen LogP contribution is -2.53. The minimum absolute atomic E-state index is 0.127. The highest BCUT2D eigenvalue weighted by atomic mass is 16.2. The van der Waals surface area contributed by atoms with Crippen LogP contribution in [-0.2, 0) is 24.3 Å². The number of benzene rings is 1. The van der Waals surface area contributed by atoms with Crippen LogP contribution in [0.25, 0.3) is 0 Å². The van der Waals surface area contributed by atoms with Crippen LogP contribution in [0.3, 0.4) is 0 Å². The van der Waals surface area contributed by atoms with Crippen molar-refractivity contribution in [2.75, 3.05) is 42.3 Å². The third kappa shape index (κ3) is 5.31. The number of rotatable bonds is 7. The molecule has 3 fully saturated rings. The Morgan fingerprint density at radius 2 is 1.86 bits per heavy atom. The second-order valence-electron chi connectivity index (χ2n) is 12.0. The van der Waals surface area contributed by atoms with Crippen molar-refractivity contribution in [1.82, 2.24) is 25.0 Å². The summed E-state index contributed by atoms with van der Waals surface area (Å²) in [6.07, 6.45) is 4.61. The van der Waals surface area contributed by atoms with E-state index in [-0.39, 0.29) is 29.8 Å². The summed E-state index contributed by atoms with van der Waals surface area (Å²) in [7, 11) is 3.37. The van der Waals surface area contributed by atoms with E-state index in [0.29, 0.717) is 30.4 Å². The fourth-order valence-corrected chi connectivity index (χ4v) is 6.07. The number of urea groups is 1. The molecule has 0 unspecified atom stereocenters. The summed E-state index contributed by atoms with van der Waals surface area (Å²) >= 11 is 0. The van der Waals surface area contributed by atoms with E-state index >= 15 is 0 Å².